The average molecular weight is 244 g/mol. The van der Waals surface area contributed by atoms with Crippen molar-refractivity contribution in [3.05, 3.63) is 29.6 Å². The first-order valence-electron chi connectivity index (χ1n) is 5.17. The summed E-state index contributed by atoms with van der Waals surface area (Å²) in [5.41, 5.74) is 0.608. The molecule has 1 N–H and O–H groups in total. The lowest BCUT2D eigenvalue weighted by molar-refractivity contribution is 0.196. The highest BCUT2D eigenvalue weighted by Gasteiger charge is 2.12. The van der Waals surface area contributed by atoms with Crippen LogP contribution in [-0.2, 0) is 5.75 Å². The summed E-state index contributed by atoms with van der Waals surface area (Å²) >= 11 is 1.53. The molecule has 0 saturated carbocycles. The zero-order chi connectivity index (χ0) is 12.1. The molecule has 0 aliphatic rings. The molecule has 1 aromatic carbocycles. The van der Waals surface area contributed by atoms with Gasteiger partial charge < -0.3 is 9.84 Å². The summed E-state index contributed by atoms with van der Waals surface area (Å²) in [7, 11) is 1.45. The normalized spacial score (nSPS) is 14.6. The molecule has 4 heteroatoms. The molecule has 0 aliphatic carbocycles. The quantitative estimate of drug-likeness (QED) is 0.863. The van der Waals surface area contributed by atoms with E-state index in [-0.39, 0.29) is 16.8 Å². The zero-order valence-electron chi connectivity index (χ0n) is 9.74. The summed E-state index contributed by atoms with van der Waals surface area (Å²) in [4.78, 5) is 0. The van der Waals surface area contributed by atoms with E-state index in [4.69, 9.17) is 4.74 Å². The van der Waals surface area contributed by atoms with Crippen molar-refractivity contribution >= 4 is 11.8 Å². The standard InChI is InChI=1S/C12H17FO2S/c1-8(14)9(2)16-7-10-5-4-6-11(15-3)12(10)13/h4-6,8-9,14H,7H2,1-3H3. The minimum absolute atomic E-state index is 0.0885. The van der Waals surface area contributed by atoms with E-state index in [0.717, 1.165) is 0 Å². The third-order valence-electron chi connectivity index (χ3n) is 2.44. The minimum Gasteiger partial charge on any atom is -0.494 e. The summed E-state index contributed by atoms with van der Waals surface area (Å²) in [5.74, 6) is 0.493. The van der Waals surface area contributed by atoms with E-state index in [2.05, 4.69) is 0 Å². The van der Waals surface area contributed by atoms with Crippen LogP contribution in [0.2, 0.25) is 0 Å². The molecule has 0 amide bonds. The lowest BCUT2D eigenvalue weighted by Gasteiger charge is -2.14. The van der Waals surface area contributed by atoms with Gasteiger partial charge in [-0.1, -0.05) is 19.1 Å². The van der Waals surface area contributed by atoms with Gasteiger partial charge in [-0.05, 0) is 13.0 Å². The van der Waals surface area contributed by atoms with Crippen LogP contribution in [0, 0.1) is 5.82 Å². The predicted octanol–water partition coefficient (Wildman–Crippen LogP) is 2.84. The first kappa shape index (κ1) is 13.3. The first-order valence-corrected chi connectivity index (χ1v) is 6.22. The highest BCUT2D eigenvalue weighted by atomic mass is 32.2. The molecule has 2 atom stereocenters. The number of benzene rings is 1. The fourth-order valence-corrected chi connectivity index (χ4v) is 2.13. The second-order valence-corrected chi connectivity index (χ2v) is 5.06. The first-order chi connectivity index (χ1) is 7.56. The molecular formula is C12H17FO2S. The fraction of sp³-hybridized carbons (Fsp3) is 0.500. The van der Waals surface area contributed by atoms with Crippen molar-refractivity contribution in [1.29, 1.82) is 0 Å². The summed E-state index contributed by atoms with van der Waals surface area (Å²) in [6.45, 7) is 3.66. The van der Waals surface area contributed by atoms with Crippen LogP contribution in [0.15, 0.2) is 18.2 Å². The second kappa shape index (κ2) is 6.11. The van der Waals surface area contributed by atoms with Crippen molar-refractivity contribution in [2.24, 2.45) is 0 Å². The number of rotatable bonds is 5. The number of aliphatic hydroxyl groups excluding tert-OH is 1. The molecule has 90 valence electrons. The van der Waals surface area contributed by atoms with E-state index in [1.165, 1.54) is 18.9 Å². The molecule has 0 fully saturated rings. The summed E-state index contributed by atoms with van der Waals surface area (Å²) in [6, 6.07) is 5.10. The SMILES string of the molecule is COc1cccc(CSC(C)C(C)O)c1F. The van der Waals surface area contributed by atoms with Crippen LogP contribution >= 0.6 is 11.8 Å². The highest BCUT2D eigenvalue weighted by Crippen LogP contribution is 2.26. The zero-order valence-corrected chi connectivity index (χ0v) is 10.6. The van der Waals surface area contributed by atoms with Gasteiger partial charge in [0.2, 0.25) is 0 Å². The van der Waals surface area contributed by atoms with Crippen LogP contribution in [0.25, 0.3) is 0 Å². The Bertz CT molecular complexity index is 342. The van der Waals surface area contributed by atoms with Gasteiger partial charge >= 0.3 is 0 Å². The van der Waals surface area contributed by atoms with Crippen molar-refractivity contribution < 1.29 is 14.2 Å². The summed E-state index contributed by atoms with van der Waals surface area (Å²) < 4.78 is 18.6. The number of hydrogen-bond donors (Lipinski definition) is 1. The number of aliphatic hydroxyl groups is 1. The lowest BCUT2D eigenvalue weighted by atomic mass is 10.2. The van der Waals surface area contributed by atoms with Crippen LogP contribution < -0.4 is 4.74 Å². The van der Waals surface area contributed by atoms with Gasteiger partial charge in [-0.25, -0.2) is 4.39 Å². The van der Waals surface area contributed by atoms with Gasteiger partial charge in [0.05, 0.1) is 13.2 Å². The molecule has 0 saturated heterocycles. The third-order valence-corrected chi connectivity index (χ3v) is 3.84. The maximum absolute atomic E-state index is 13.7. The Balaban J connectivity index is 2.67. The maximum Gasteiger partial charge on any atom is 0.169 e. The molecule has 0 spiro atoms. The van der Waals surface area contributed by atoms with Crippen LogP contribution in [-0.4, -0.2) is 23.6 Å². The Morgan fingerprint density at radius 1 is 1.44 bits per heavy atom. The number of thioether (sulfide) groups is 1. The maximum atomic E-state index is 13.7. The number of methoxy groups -OCH3 is 1. The molecule has 16 heavy (non-hydrogen) atoms. The van der Waals surface area contributed by atoms with E-state index in [0.29, 0.717) is 11.3 Å². The topological polar surface area (TPSA) is 29.5 Å². The largest absolute Gasteiger partial charge is 0.494 e. The van der Waals surface area contributed by atoms with Crippen molar-refractivity contribution in [1.82, 2.24) is 0 Å². The predicted molar refractivity (Wildman–Crippen MR) is 65.4 cm³/mol. The van der Waals surface area contributed by atoms with Crippen LogP contribution in [0.5, 0.6) is 5.75 Å². The lowest BCUT2D eigenvalue weighted by Crippen LogP contribution is -2.15. The molecule has 2 nitrogen and oxygen atoms in total. The number of ether oxygens (including phenoxy) is 1. The molecule has 0 radical (unpaired) electrons. The molecule has 2 unspecified atom stereocenters. The van der Waals surface area contributed by atoms with E-state index in [1.807, 2.05) is 6.92 Å². The fourth-order valence-electron chi connectivity index (χ4n) is 1.19. The second-order valence-electron chi connectivity index (χ2n) is 3.69. The molecule has 1 aromatic rings. The number of halogens is 1. The van der Waals surface area contributed by atoms with Gasteiger partial charge in [0.1, 0.15) is 0 Å². The molecule has 0 aliphatic heterocycles. The van der Waals surface area contributed by atoms with E-state index in [1.54, 1.807) is 25.1 Å². The van der Waals surface area contributed by atoms with Gasteiger partial charge in [-0.2, -0.15) is 11.8 Å². The van der Waals surface area contributed by atoms with Gasteiger partial charge in [-0.15, -0.1) is 0 Å². The van der Waals surface area contributed by atoms with Gasteiger partial charge in [-0.3, -0.25) is 0 Å². The Labute approximate surface area is 99.8 Å². The van der Waals surface area contributed by atoms with Crippen LogP contribution in [0.3, 0.4) is 0 Å². The van der Waals surface area contributed by atoms with Crippen molar-refractivity contribution in [3.63, 3.8) is 0 Å². The van der Waals surface area contributed by atoms with Gasteiger partial charge in [0, 0.05) is 16.6 Å². The van der Waals surface area contributed by atoms with E-state index >= 15 is 0 Å². The van der Waals surface area contributed by atoms with Gasteiger partial charge in [0.15, 0.2) is 11.6 Å². The van der Waals surface area contributed by atoms with Crippen LogP contribution in [0.4, 0.5) is 4.39 Å². The monoisotopic (exact) mass is 244 g/mol. The van der Waals surface area contributed by atoms with Crippen molar-refractivity contribution in [2.75, 3.05) is 7.11 Å². The Kier molecular flexibility index (Phi) is 5.09. The molecular weight excluding hydrogens is 227 g/mol. The molecule has 0 bridgehead atoms. The van der Waals surface area contributed by atoms with E-state index in [9.17, 15) is 9.50 Å². The molecule has 0 heterocycles. The Morgan fingerprint density at radius 2 is 2.12 bits per heavy atom. The average Bonchev–Trinajstić information content (AvgIpc) is 2.27. The highest BCUT2D eigenvalue weighted by molar-refractivity contribution is 7.99. The number of hydrogen-bond acceptors (Lipinski definition) is 3. The third kappa shape index (κ3) is 3.39. The van der Waals surface area contributed by atoms with Crippen LogP contribution in [0.1, 0.15) is 19.4 Å². The Hall–Kier alpha value is -0.740. The van der Waals surface area contributed by atoms with Crippen molar-refractivity contribution in [2.45, 2.75) is 31.0 Å². The van der Waals surface area contributed by atoms with E-state index < -0.39 is 6.10 Å². The summed E-state index contributed by atoms with van der Waals surface area (Å²) in [6.07, 6.45) is -0.390. The Morgan fingerprint density at radius 3 is 2.69 bits per heavy atom. The van der Waals surface area contributed by atoms with Crippen molar-refractivity contribution in [3.8, 4) is 5.75 Å². The molecule has 0 aromatic heterocycles. The van der Waals surface area contributed by atoms with Gasteiger partial charge in [0.25, 0.3) is 0 Å². The summed E-state index contributed by atoms with van der Waals surface area (Å²) in [5, 5.41) is 9.42. The molecule has 1 rings (SSSR count). The smallest absolute Gasteiger partial charge is 0.169 e. The minimum atomic E-state index is -0.390.